The number of anilines is 1. The number of aryl methyl sites for hydroxylation is 1. The molecule has 0 amide bonds. The lowest BCUT2D eigenvalue weighted by Gasteiger charge is -2.28. The van der Waals surface area contributed by atoms with Crippen LogP contribution >= 0.6 is 0 Å². The van der Waals surface area contributed by atoms with Crippen molar-refractivity contribution in [2.45, 2.75) is 34.1 Å². The van der Waals surface area contributed by atoms with E-state index in [0.29, 0.717) is 5.92 Å². The molecule has 0 spiro atoms. The maximum atomic E-state index is 8.93. The van der Waals surface area contributed by atoms with E-state index < -0.39 is 0 Å². The van der Waals surface area contributed by atoms with Crippen LogP contribution in [0.3, 0.4) is 0 Å². The van der Waals surface area contributed by atoms with Crippen molar-refractivity contribution >= 4 is 11.5 Å². The highest BCUT2D eigenvalue weighted by molar-refractivity contribution is 6.02. The van der Waals surface area contributed by atoms with E-state index in [1.165, 1.54) is 0 Å². The summed E-state index contributed by atoms with van der Waals surface area (Å²) in [5, 5.41) is 12.1. The third kappa shape index (κ3) is 3.88. The third-order valence-electron chi connectivity index (χ3n) is 3.49. The number of benzene rings is 1. The summed E-state index contributed by atoms with van der Waals surface area (Å²) in [7, 11) is 0. The summed E-state index contributed by atoms with van der Waals surface area (Å²) < 4.78 is 0. The summed E-state index contributed by atoms with van der Waals surface area (Å²) in [6.45, 7) is 10.4. The Bertz CT molecular complexity index is 443. The van der Waals surface area contributed by atoms with Gasteiger partial charge in [0.05, 0.1) is 0 Å². The Morgan fingerprint density at radius 3 is 2.63 bits per heavy atom. The lowest BCUT2D eigenvalue weighted by molar-refractivity contribution is 0.318. The van der Waals surface area contributed by atoms with Crippen molar-refractivity contribution in [3.63, 3.8) is 0 Å². The van der Waals surface area contributed by atoms with Gasteiger partial charge in [0, 0.05) is 24.3 Å². The third-order valence-corrected chi connectivity index (χ3v) is 3.49. The molecule has 0 aliphatic heterocycles. The fraction of sp³-hybridized carbons (Fsp3) is 0.533. The second-order valence-corrected chi connectivity index (χ2v) is 5.06. The molecule has 1 rings (SSSR count). The molecule has 4 heteroatoms. The molecule has 4 nitrogen and oxygen atoms in total. The first-order valence-electron chi connectivity index (χ1n) is 6.86. The van der Waals surface area contributed by atoms with Crippen LogP contribution in [0.1, 0.15) is 38.3 Å². The van der Waals surface area contributed by atoms with Crippen LogP contribution in [0.4, 0.5) is 5.69 Å². The molecule has 0 saturated heterocycles. The molecular weight excluding hydrogens is 238 g/mol. The van der Waals surface area contributed by atoms with Gasteiger partial charge in [-0.3, -0.25) is 0 Å². The highest BCUT2D eigenvalue weighted by atomic mass is 16.4. The average molecular weight is 263 g/mol. The van der Waals surface area contributed by atoms with Crippen LogP contribution in [0, 0.1) is 12.8 Å². The van der Waals surface area contributed by atoms with E-state index in [1.807, 2.05) is 13.0 Å². The molecule has 3 N–H and O–H groups in total. The zero-order chi connectivity index (χ0) is 14.4. The minimum Gasteiger partial charge on any atom is -0.409 e. The van der Waals surface area contributed by atoms with Crippen molar-refractivity contribution in [2.24, 2.45) is 16.8 Å². The minimum absolute atomic E-state index is 0.168. The Hall–Kier alpha value is -1.71. The smallest absolute Gasteiger partial charge is 0.172 e. The molecule has 0 saturated carbocycles. The van der Waals surface area contributed by atoms with Crippen molar-refractivity contribution in [2.75, 3.05) is 18.0 Å². The highest BCUT2D eigenvalue weighted by Gasteiger charge is 2.15. The van der Waals surface area contributed by atoms with Crippen LogP contribution in [0.15, 0.2) is 23.4 Å². The van der Waals surface area contributed by atoms with Crippen LogP contribution in [-0.4, -0.2) is 24.1 Å². The van der Waals surface area contributed by atoms with Crippen LogP contribution in [0.2, 0.25) is 0 Å². The van der Waals surface area contributed by atoms with E-state index >= 15 is 0 Å². The molecule has 0 heterocycles. The molecular formula is C15H25N3O. The number of rotatable bonds is 6. The molecule has 1 aromatic rings. The van der Waals surface area contributed by atoms with Crippen LogP contribution in [-0.2, 0) is 0 Å². The van der Waals surface area contributed by atoms with Crippen molar-refractivity contribution < 1.29 is 5.21 Å². The van der Waals surface area contributed by atoms with Crippen molar-refractivity contribution in [3.8, 4) is 0 Å². The molecule has 0 aliphatic rings. The van der Waals surface area contributed by atoms with Gasteiger partial charge >= 0.3 is 0 Å². The van der Waals surface area contributed by atoms with Crippen LogP contribution < -0.4 is 10.6 Å². The fourth-order valence-electron chi connectivity index (χ4n) is 2.09. The number of nitrogens with zero attached hydrogens (tertiary/aromatic N) is 2. The van der Waals surface area contributed by atoms with E-state index in [2.05, 4.69) is 43.0 Å². The largest absolute Gasteiger partial charge is 0.409 e. The molecule has 0 bridgehead atoms. The van der Waals surface area contributed by atoms with E-state index in [4.69, 9.17) is 10.9 Å². The molecule has 1 unspecified atom stereocenters. The van der Waals surface area contributed by atoms with Crippen molar-refractivity contribution in [1.82, 2.24) is 0 Å². The van der Waals surface area contributed by atoms with Gasteiger partial charge in [-0.05, 0) is 31.9 Å². The number of hydrogen-bond acceptors (Lipinski definition) is 3. The molecule has 1 aromatic carbocycles. The second kappa shape index (κ2) is 7.02. The molecule has 106 valence electrons. The maximum absolute atomic E-state index is 8.93. The van der Waals surface area contributed by atoms with Gasteiger partial charge in [0.1, 0.15) is 0 Å². The fourth-order valence-corrected chi connectivity index (χ4v) is 2.09. The molecule has 0 aromatic heterocycles. The van der Waals surface area contributed by atoms with Crippen LogP contribution in [0.25, 0.3) is 0 Å². The topological polar surface area (TPSA) is 61.8 Å². The number of amidine groups is 1. The number of nitrogens with two attached hydrogens (primary N) is 1. The van der Waals surface area contributed by atoms with Gasteiger partial charge in [-0.15, -0.1) is 0 Å². The predicted molar refractivity (Wildman–Crippen MR) is 81.0 cm³/mol. The Morgan fingerprint density at radius 2 is 2.11 bits per heavy atom. The van der Waals surface area contributed by atoms with E-state index in [-0.39, 0.29) is 5.84 Å². The van der Waals surface area contributed by atoms with Gasteiger partial charge in [0.25, 0.3) is 0 Å². The Kier molecular flexibility index (Phi) is 5.67. The minimum atomic E-state index is 0.168. The zero-order valence-corrected chi connectivity index (χ0v) is 12.3. The van der Waals surface area contributed by atoms with Crippen LogP contribution in [0.5, 0.6) is 0 Å². The summed E-state index contributed by atoms with van der Waals surface area (Å²) in [4.78, 5) is 2.28. The summed E-state index contributed by atoms with van der Waals surface area (Å²) in [6.07, 6.45) is 1.14. The Labute approximate surface area is 115 Å². The summed E-state index contributed by atoms with van der Waals surface area (Å²) >= 11 is 0. The first-order chi connectivity index (χ1) is 9.03. The molecule has 19 heavy (non-hydrogen) atoms. The molecule has 0 fully saturated rings. The lowest BCUT2D eigenvalue weighted by Crippen LogP contribution is -2.30. The number of hydrogen-bond donors (Lipinski definition) is 2. The summed E-state index contributed by atoms with van der Waals surface area (Å²) in [5.74, 6) is 0.780. The van der Waals surface area contributed by atoms with Gasteiger partial charge in [0.15, 0.2) is 5.84 Å². The zero-order valence-electron chi connectivity index (χ0n) is 12.3. The maximum Gasteiger partial charge on any atom is 0.172 e. The Morgan fingerprint density at radius 1 is 1.42 bits per heavy atom. The summed E-state index contributed by atoms with van der Waals surface area (Å²) in [6, 6.07) is 6.07. The van der Waals surface area contributed by atoms with Gasteiger partial charge in [-0.1, -0.05) is 37.1 Å². The van der Waals surface area contributed by atoms with Crippen molar-refractivity contribution in [1.29, 1.82) is 0 Å². The number of oxime groups is 1. The first kappa shape index (κ1) is 15.3. The predicted octanol–water partition coefficient (Wildman–Crippen LogP) is 2.96. The van der Waals surface area contributed by atoms with E-state index in [0.717, 1.165) is 36.3 Å². The van der Waals surface area contributed by atoms with Gasteiger partial charge in [-0.2, -0.15) is 0 Å². The lowest BCUT2D eigenvalue weighted by atomic mass is 10.0. The highest BCUT2D eigenvalue weighted by Crippen LogP contribution is 2.23. The molecule has 1 atom stereocenters. The monoisotopic (exact) mass is 263 g/mol. The molecule has 0 radical (unpaired) electrons. The standard InChI is InChI=1S/C15H25N3O/c1-5-11(3)10-18(6-2)14-8-7-12(4)9-13(14)15(16)17-19/h7-9,11,19H,5-6,10H2,1-4H3,(H2,16,17). The van der Waals surface area contributed by atoms with Gasteiger partial charge < -0.3 is 15.8 Å². The van der Waals surface area contributed by atoms with Crippen molar-refractivity contribution in [3.05, 3.63) is 29.3 Å². The quantitative estimate of drug-likeness (QED) is 0.359. The summed E-state index contributed by atoms with van der Waals surface area (Å²) in [5.41, 5.74) is 8.72. The van der Waals surface area contributed by atoms with Gasteiger partial charge in [0.2, 0.25) is 0 Å². The molecule has 0 aliphatic carbocycles. The first-order valence-corrected chi connectivity index (χ1v) is 6.86. The van der Waals surface area contributed by atoms with E-state index in [1.54, 1.807) is 0 Å². The normalized spacial score (nSPS) is 13.4. The SMILES string of the molecule is CCC(C)CN(CC)c1ccc(C)cc1/C(N)=N/O. The van der Waals surface area contributed by atoms with Gasteiger partial charge in [-0.25, -0.2) is 0 Å². The Balaban J connectivity index is 3.16. The second-order valence-electron chi connectivity index (χ2n) is 5.06. The van der Waals surface area contributed by atoms with E-state index in [9.17, 15) is 0 Å². The average Bonchev–Trinajstić information content (AvgIpc) is 2.43.